The fourth-order valence-electron chi connectivity index (χ4n) is 3.63. The number of carbonyl (C=O) groups is 2. The second-order valence-corrected chi connectivity index (χ2v) is 10.0. The number of pyridine rings is 1. The van der Waals surface area contributed by atoms with E-state index in [2.05, 4.69) is 37.6 Å². The van der Waals surface area contributed by atoms with Crippen LogP contribution < -0.4 is 23.9 Å². The van der Waals surface area contributed by atoms with Crippen LogP contribution >= 0.6 is 23.5 Å². The first kappa shape index (κ1) is 27.4. The highest BCUT2D eigenvalue weighted by Gasteiger charge is 2.42. The number of aromatic nitrogens is 1. The summed E-state index contributed by atoms with van der Waals surface area (Å²) in [6.45, 7) is 10.5. The lowest BCUT2D eigenvalue weighted by atomic mass is 9.87. The summed E-state index contributed by atoms with van der Waals surface area (Å²) in [4.78, 5) is 34.0. The van der Waals surface area contributed by atoms with Crippen LogP contribution in [-0.2, 0) is 5.41 Å². The topological polar surface area (TPSA) is 71.8 Å². The second-order valence-electron chi connectivity index (χ2n) is 8.75. The minimum absolute atomic E-state index is 0.0605. The number of imide groups is 1. The number of carbonyl (C=O) groups excluding carboxylic acids is 2. The number of amides is 2. The smallest absolute Gasteiger partial charge is 0.268 e. The summed E-state index contributed by atoms with van der Waals surface area (Å²) in [6.07, 6.45) is 3.11. The van der Waals surface area contributed by atoms with Crippen molar-refractivity contribution in [3.8, 4) is 5.75 Å². The number of hydrogen-bond donors (Lipinski definition) is 1. The number of halogens is 1. The number of hydrogen-bond acceptors (Lipinski definition) is 6. The standard InChI is InChI=1S/C25H24ClN3O4S.C2H6/c1-25(2,3)15-6-8-18(9-7-15)34-27-20-11-10-19(26)21-22(20)24(31)29(23(21)30)16-12-17(32-4)14-28(13-16)33-5;1-2/h6-14H,1-5H3;1-2H3/p+1. The maximum absolute atomic E-state index is 13.5. The average molecular weight is 529 g/mol. The molecule has 0 aliphatic carbocycles. The van der Waals surface area contributed by atoms with Crippen molar-refractivity contribution in [2.45, 2.75) is 44.9 Å². The molecule has 1 aliphatic rings. The molecule has 9 heteroatoms. The number of fused-ring (bicyclic) bond motifs is 1. The molecule has 4 rings (SSSR count). The number of nitrogens with one attached hydrogen (secondary N) is 1. The van der Waals surface area contributed by atoms with Gasteiger partial charge in [-0.05, 0) is 47.2 Å². The zero-order chi connectivity index (χ0) is 26.6. The van der Waals surface area contributed by atoms with Gasteiger partial charge in [-0.25, -0.2) is 4.90 Å². The zero-order valence-corrected chi connectivity index (χ0v) is 23.1. The minimum Gasteiger partial charge on any atom is -0.491 e. The van der Waals surface area contributed by atoms with E-state index in [1.165, 1.54) is 42.7 Å². The third-order valence-corrected chi connectivity index (χ3v) is 6.64. The van der Waals surface area contributed by atoms with E-state index >= 15 is 0 Å². The maximum atomic E-state index is 13.5. The molecule has 0 spiro atoms. The Morgan fingerprint density at radius 2 is 1.58 bits per heavy atom. The first-order chi connectivity index (χ1) is 17.1. The SMILES string of the molecule is CC.COc1cc(N2C(=O)c3c(Cl)ccc(NSc4ccc(C(C)(C)C)cc4)c3C2=O)c[n+](OC)c1. The first-order valence-corrected chi connectivity index (χ1v) is 12.7. The number of nitrogens with zero attached hydrogens (tertiary/aromatic N) is 2. The van der Waals surface area contributed by atoms with Gasteiger partial charge in [0.25, 0.3) is 18.0 Å². The Kier molecular flexibility index (Phi) is 8.53. The fourth-order valence-corrected chi connectivity index (χ4v) is 4.54. The number of benzene rings is 2. The van der Waals surface area contributed by atoms with E-state index in [0.29, 0.717) is 17.1 Å². The van der Waals surface area contributed by atoms with Gasteiger partial charge >= 0.3 is 0 Å². The molecule has 0 radical (unpaired) electrons. The lowest BCUT2D eigenvalue weighted by molar-refractivity contribution is -0.885. The molecule has 190 valence electrons. The predicted octanol–water partition coefficient (Wildman–Crippen LogP) is 5.94. The van der Waals surface area contributed by atoms with Gasteiger partial charge in [0.1, 0.15) is 12.8 Å². The lowest BCUT2D eigenvalue weighted by Gasteiger charge is -2.19. The Morgan fingerprint density at radius 3 is 2.17 bits per heavy atom. The van der Waals surface area contributed by atoms with Crippen LogP contribution in [0.15, 0.2) is 59.8 Å². The Bertz CT molecular complexity index is 1250. The molecule has 0 saturated carbocycles. The molecule has 0 bridgehead atoms. The van der Waals surface area contributed by atoms with Gasteiger partial charge in [-0.1, -0.05) is 58.4 Å². The van der Waals surface area contributed by atoms with E-state index in [9.17, 15) is 9.59 Å². The largest absolute Gasteiger partial charge is 0.491 e. The molecule has 1 N–H and O–H groups in total. The molecule has 2 heterocycles. The molecule has 0 saturated heterocycles. The van der Waals surface area contributed by atoms with Gasteiger partial charge in [-0.3, -0.25) is 14.4 Å². The molecular formula is C27H31ClN3O4S+. The van der Waals surface area contributed by atoms with Crippen molar-refractivity contribution < 1.29 is 23.9 Å². The molecule has 3 aromatic rings. The van der Waals surface area contributed by atoms with E-state index in [1.54, 1.807) is 24.4 Å². The minimum atomic E-state index is -0.510. The molecule has 0 unspecified atom stereocenters. The lowest BCUT2D eigenvalue weighted by Crippen LogP contribution is -2.41. The van der Waals surface area contributed by atoms with Crippen LogP contribution in [0.5, 0.6) is 5.75 Å². The molecule has 7 nitrogen and oxygen atoms in total. The molecular weight excluding hydrogens is 498 g/mol. The van der Waals surface area contributed by atoms with Crippen molar-refractivity contribution in [2.75, 3.05) is 23.8 Å². The fraction of sp³-hybridized carbons (Fsp3) is 0.296. The third kappa shape index (κ3) is 5.44. The van der Waals surface area contributed by atoms with Crippen LogP contribution in [0.4, 0.5) is 11.4 Å². The molecule has 0 fully saturated rings. The van der Waals surface area contributed by atoms with Gasteiger partial charge in [-0.15, -0.1) is 0 Å². The van der Waals surface area contributed by atoms with Gasteiger partial charge in [0.15, 0.2) is 5.75 Å². The van der Waals surface area contributed by atoms with Crippen LogP contribution in [0.25, 0.3) is 0 Å². The van der Waals surface area contributed by atoms with Gasteiger partial charge in [0, 0.05) is 15.7 Å². The summed E-state index contributed by atoms with van der Waals surface area (Å²) in [6, 6.07) is 13.1. The molecule has 2 amide bonds. The summed E-state index contributed by atoms with van der Waals surface area (Å²) in [5, 5.41) is 0.212. The van der Waals surface area contributed by atoms with E-state index < -0.39 is 11.8 Å². The quantitative estimate of drug-likeness (QED) is 0.242. The van der Waals surface area contributed by atoms with E-state index in [-0.39, 0.29) is 21.6 Å². The number of anilines is 2. The van der Waals surface area contributed by atoms with Crippen LogP contribution in [0.3, 0.4) is 0 Å². The van der Waals surface area contributed by atoms with Gasteiger partial charge in [-0.2, -0.15) is 0 Å². The predicted molar refractivity (Wildman–Crippen MR) is 144 cm³/mol. The van der Waals surface area contributed by atoms with Crippen LogP contribution in [-0.4, -0.2) is 26.0 Å². The van der Waals surface area contributed by atoms with E-state index in [1.807, 2.05) is 26.0 Å². The number of rotatable bonds is 6. The Morgan fingerprint density at radius 1 is 0.944 bits per heavy atom. The summed E-state index contributed by atoms with van der Waals surface area (Å²) >= 11 is 7.72. The van der Waals surface area contributed by atoms with Gasteiger partial charge in [0.05, 0.1) is 28.9 Å². The summed E-state index contributed by atoms with van der Waals surface area (Å²) in [5.41, 5.74) is 2.49. The summed E-state index contributed by atoms with van der Waals surface area (Å²) in [7, 11) is 2.96. The number of ether oxygens (including phenoxy) is 1. The Hall–Kier alpha value is -3.23. The average Bonchev–Trinajstić information content (AvgIpc) is 3.15. The molecule has 0 atom stereocenters. The highest BCUT2D eigenvalue weighted by atomic mass is 35.5. The van der Waals surface area contributed by atoms with Crippen LogP contribution in [0.2, 0.25) is 5.02 Å². The maximum Gasteiger partial charge on any atom is 0.268 e. The highest BCUT2D eigenvalue weighted by molar-refractivity contribution is 8.00. The van der Waals surface area contributed by atoms with Crippen molar-refractivity contribution in [2.24, 2.45) is 0 Å². The van der Waals surface area contributed by atoms with Gasteiger partial charge in [0.2, 0.25) is 6.20 Å². The molecule has 36 heavy (non-hydrogen) atoms. The van der Waals surface area contributed by atoms with E-state index in [4.69, 9.17) is 21.2 Å². The summed E-state index contributed by atoms with van der Waals surface area (Å²) < 4.78 is 9.85. The third-order valence-electron chi connectivity index (χ3n) is 5.50. The van der Waals surface area contributed by atoms with Crippen molar-refractivity contribution in [1.29, 1.82) is 0 Å². The van der Waals surface area contributed by atoms with Gasteiger partial charge < -0.3 is 9.46 Å². The summed E-state index contributed by atoms with van der Waals surface area (Å²) in [5.74, 6) is -0.566. The van der Waals surface area contributed by atoms with Crippen LogP contribution in [0.1, 0.15) is 60.9 Å². The zero-order valence-electron chi connectivity index (χ0n) is 21.5. The molecule has 1 aliphatic heterocycles. The molecule has 2 aromatic carbocycles. The molecule has 1 aromatic heterocycles. The van der Waals surface area contributed by atoms with Crippen molar-refractivity contribution in [3.05, 3.63) is 76.6 Å². The van der Waals surface area contributed by atoms with Crippen LogP contribution in [0, 0.1) is 0 Å². The number of methoxy groups -OCH3 is 1. The second kappa shape index (κ2) is 11.2. The first-order valence-electron chi connectivity index (χ1n) is 11.5. The monoisotopic (exact) mass is 528 g/mol. The Balaban J connectivity index is 0.00000176. The van der Waals surface area contributed by atoms with E-state index in [0.717, 1.165) is 9.80 Å². The van der Waals surface area contributed by atoms with Crippen molar-refractivity contribution >= 4 is 46.7 Å². The van der Waals surface area contributed by atoms with Crippen molar-refractivity contribution in [1.82, 2.24) is 0 Å². The highest BCUT2D eigenvalue weighted by Crippen LogP contribution is 2.39. The Labute approximate surface area is 221 Å². The normalized spacial score (nSPS) is 12.6. The van der Waals surface area contributed by atoms with Crippen molar-refractivity contribution in [3.63, 3.8) is 0 Å².